The zero-order valence-electron chi connectivity index (χ0n) is 15.4. The molecule has 144 valence electrons. The maximum absolute atomic E-state index is 13.1. The number of aromatic nitrogens is 2. The minimum atomic E-state index is -0.576. The Kier molecular flexibility index (Phi) is 5.01. The van der Waals surface area contributed by atoms with Crippen LogP contribution in [0.25, 0.3) is 0 Å². The number of hydrazone groups is 1. The van der Waals surface area contributed by atoms with Gasteiger partial charge in [0.25, 0.3) is 5.91 Å². The highest BCUT2D eigenvalue weighted by molar-refractivity contribution is 5.91. The Morgan fingerprint density at radius 2 is 1.82 bits per heavy atom. The van der Waals surface area contributed by atoms with Crippen LogP contribution in [0.3, 0.4) is 0 Å². The van der Waals surface area contributed by atoms with Gasteiger partial charge in [-0.1, -0.05) is 30.3 Å². The summed E-state index contributed by atoms with van der Waals surface area (Å²) in [5, 5.41) is 5.99. The molecule has 1 fully saturated rings. The van der Waals surface area contributed by atoms with E-state index in [1.165, 1.54) is 6.33 Å². The molecule has 0 saturated carbocycles. The molecule has 2 aromatic rings. The normalized spacial score (nSPS) is 19.8. The van der Waals surface area contributed by atoms with Gasteiger partial charge in [-0.05, 0) is 18.4 Å². The Balaban J connectivity index is 1.41. The number of amides is 2. The maximum atomic E-state index is 13.1. The molecule has 0 radical (unpaired) electrons. The average Bonchev–Trinajstić information content (AvgIpc) is 3.24. The van der Waals surface area contributed by atoms with Gasteiger partial charge in [-0.2, -0.15) is 5.10 Å². The summed E-state index contributed by atoms with van der Waals surface area (Å²) in [7, 11) is 0. The minimum absolute atomic E-state index is 0.0216. The fraction of sp³-hybridized carbons (Fsp3) is 0.350. The van der Waals surface area contributed by atoms with Gasteiger partial charge in [-0.3, -0.25) is 9.59 Å². The molecular weight excluding hydrogens is 356 g/mol. The Labute approximate surface area is 163 Å². The van der Waals surface area contributed by atoms with Crippen molar-refractivity contribution >= 4 is 23.8 Å². The van der Waals surface area contributed by atoms with Crippen molar-refractivity contribution in [2.45, 2.75) is 25.3 Å². The Morgan fingerprint density at radius 3 is 2.54 bits per heavy atom. The van der Waals surface area contributed by atoms with Gasteiger partial charge in [0.1, 0.15) is 17.8 Å². The van der Waals surface area contributed by atoms with Crippen molar-refractivity contribution in [3.05, 3.63) is 54.0 Å². The van der Waals surface area contributed by atoms with Crippen LogP contribution < -0.4 is 10.6 Å². The lowest BCUT2D eigenvalue weighted by Crippen LogP contribution is -2.41. The van der Waals surface area contributed by atoms with Crippen LogP contribution in [0.5, 0.6) is 0 Å². The summed E-state index contributed by atoms with van der Waals surface area (Å²) in [5.74, 6) is 0.0848. The zero-order chi connectivity index (χ0) is 19.5. The highest BCUT2D eigenvalue weighted by atomic mass is 16.2. The first kappa shape index (κ1) is 18.1. The second kappa shape index (κ2) is 7.75. The third kappa shape index (κ3) is 3.58. The molecule has 2 N–H and O–H groups in total. The monoisotopic (exact) mass is 378 g/mol. The van der Waals surface area contributed by atoms with Gasteiger partial charge in [0.2, 0.25) is 5.91 Å². The lowest BCUT2D eigenvalue weighted by Gasteiger charge is -2.34. The summed E-state index contributed by atoms with van der Waals surface area (Å²) in [4.78, 5) is 34.6. The van der Waals surface area contributed by atoms with E-state index in [2.05, 4.69) is 20.0 Å². The topological polar surface area (TPSA) is 105 Å². The molecule has 2 amide bonds. The largest absolute Gasteiger partial charge is 0.364 e. The molecule has 8 heteroatoms. The van der Waals surface area contributed by atoms with Gasteiger partial charge in [0.05, 0.1) is 6.04 Å². The van der Waals surface area contributed by atoms with Crippen molar-refractivity contribution in [1.29, 1.82) is 0 Å². The van der Waals surface area contributed by atoms with Crippen LogP contribution >= 0.6 is 0 Å². The van der Waals surface area contributed by atoms with E-state index in [0.29, 0.717) is 31.7 Å². The van der Waals surface area contributed by atoms with Gasteiger partial charge >= 0.3 is 0 Å². The standard InChI is InChI=1S/C20H22N6O2/c21-19(27)16-12-18(23-13-22-16)25-10-7-15(8-11-25)20(28)26-17(6-9-24-26)14-4-2-1-3-5-14/h1-5,9,12-13,15,17H,6-8,10-11H2,(H2,21,27)/t17-/m0/s1. The number of hydrogen-bond donors (Lipinski definition) is 1. The molecule has 0 aliphatic carbocycles. The molecule has 8 nitrogen and oxygen atoms in total. The first-order valence-corrected chi connectivity index (χ1v) is 9.40. The molecule has 2 aliphatic rings. The highest BCUT2D eigenvalue weighted by Gasteiger charge is 2.34. The van der Waals surface area contributed by atoms with E-state index >= 15 is 0 Å². The highest BCUT2D eigenvalue weighted by Crippen LogP contribution is 2.32. The van der Waals surface area contributed by atoms with Gasteiger partial charge in [0, 0.05) is 37.7 Å². The average molecular weight is 378 g/mol. The molecule has 4 rings (SSSR count). The fourth-order valence-electron chi connectivity index (χ4n) is 3.78. The van der Waals surface area contributed by atoms with Crippen LogP contribution in [-0.2, 0) is 4.79 Å². The first-order chi connectivity index (χ1) is 13.6. The summed E-state index contributed by atoms with van der Waals surface area (Å²) in [5.41, 5.74) is 6.59. The fourth-order valence-corrected chi connectivity index (χ4v) is 3.78. The SMILES string of the molecule is NC(=O)c1cc(N2CCC(C(=O)N3N=CC[C@H]3c3ccccc3)CC2)ncn1. The third-order valence-corrected chi connectivity index (χ3v) is 5.31. The van der Waals surface area contributed by atoms with Crippen molar-refractivity contribution < 1.29 is 9.59 Å². The second-order valence-corrected chi connectivity index (χ2v) is 7.03. The number of primary amides is 1. The minimum Gasteiger partial charge on any atom is -0.364 e. The smallest absolute Gasteiger partial charge is 0.267 e. The number of carbonyl (C=O) groups is 2. The van der Waals surface area contributed by atoms with E-state index in [-0.39, 0.29) is 23.6 Å². The number of nitrogens with zero attached hydrogens (tertiary/aromatic N) is 5. The number of anilines is 1. The number of piperidine rings is 1. The molecule has 1 aromatic heterocycles. The summed E-state index contributed by atoms with van der Waals surface area (Å²) in [6, 6.07) is 11.6. The lowest BCUT2D eigenvalue weighted by atomic mass is 9.94. The van der Waals surface area contributed by atoms with Crippen LogP contribution in [0.2, 0.25) is 0 Å². The molecule has 0 unspecified atom stereocenters. The molecular formula is C20H22N6O2. The quantitative estimate of drug-likeness (QED) is 0.873. The summed E-state index contributed by atoms with van der Waals surface area (Å²) in [6.07, 6.45) is 5.32. The van der Waals surface area contributed by atoms with Gasteiger partial charge < -0.3 is 10.6 Å². The predicted molar refractivity (Wildman–Crippen MR) is 105 cm³/mol. The number of benzene rings is 1. The summed E-state index contributed by atoms with van der Waals surface area (Å²) >= 11 is 0. The zero-order valence-corrected chi connectivity index (χ0v) is 15.4. The van der Waals surface area contributed by atoms with E-state index in [1.807, 2.05) is 36.5 Å². The van der Waals surface area contributed by atoms with E-state index in [4.69, 9.17) is 5.73 Å². The van der Waals surface area contributed by atoms with Gasteiger partial charge in [0.15, 0.2) is 0 Å². The van der Waals surface area contributed by atoms with Crippen molar-refractivity contribution in [1.82, 2.24) is 15.0 Å². The Bertz CT molecular complexity index is 893. The first-order valence-electron chi connectivity index (χ1n) is 9.40. The van der Waals surface area contributed by atoms with E-state index < -0.39 is 5.91 Å². The molecule has 0 bridgehead atoms. The molecule has 28 heavy (non-hydrogen) atoms. The van der Waals surface area contributed by atoms with E-state index in [0.717, 1.165) is 12.0 Å². The maximum Gasteiger partial charge on any atom is 0.267 e. The molecule has 0 spiro atoms. The number of carbonyl (C=O) groups excluding carboxylic acids is 2. The van der Waals surface area contributed by atoms with E-state index in [9.17, 15) is 9.59 Å². The number of rotatable bonds is 4. The molecule has 2 aliphatic heterocycles. The van der Waals surface area contributed by atoms with Crippen molar-refractivity contribution in [3.8, 4) is 0 Å². The van der Waals surface area contributed by atoms with Crippen molar-refractivity contribution in [3.63, 3.8) is 0 Å². The lowest BCUT2D eigenvalue weighted by molar-refractivity contribution is -0.138. The van der Waals surface area contributed by atoms with Crippen LogP contribution in [0.1, 0.15) is 41.4 Å². The van der Waals surface area contributed by atoms with Crippen LogP contribution in [0, 0.1) is 5.92 Å². The molecule has 1 atom stereocenters. The Hall–Kier alpha value is -3.29. The van der Waals surface area contributed by atoms with E-state index in [1.54, 1.807) is 11.1 Å². The van der Waals surface area contributed by atoms with Gasteiger partial charge in [-0.25, -0.2) is 15.0 Å². The number of hydrogen-bond acceptors (Lipinski definition) is 6. The van der Waals surface area contributed by atoms with Crippen molar-refractivity contribution in [2.24, 2.45) is 16.8 Å². The van der Waals surface area contributed by atoms with Crippen LogP contribution in [0.15, 0.2) is 47.8 Å². The van der Waals surface area contributed by atoms with Crippen molar-refractivity contribution in [2.75, 3.05) is 18.0 Å². The van der Waals surface area contributed by atoms with Crippen LogP contribution in [-0.4, -0.2) is 46.1 Å². The molecule has 3 heterocycles. The summed E-state index contributed by atoms with van der Waals surface area (Å²) in [6.45, 7) is 1.36. The van der Waals surface area contributed by atoms with Gasteiger partial charge in [-0.15, -0.1) is 0 Å². The second-order valence-electron chi connectivity index (χ2n) is 7.03. The predicted octanol–water partition coefficient (Wildman–Crippen LogP) is 1.75. The molecule has 1 aromatic carbocycles. The Morgan fingerprint density at radius 1 is 1.07 bits per heavy atom. The number of nitrogens with two attached hydrogens (primary N) is 1. The third-order valence-electron chi connectivity index (χ3n) is 5.31. The molecule has 1 saturated heterocycles. The summed E-state index contributed by atoms with van der Waals surface area (Å²) < 4.78 is 0. The van der Waals surface area contributed by atoms with Crippen LogP contribution in [0.4, 0.5) is 5.82 Å².